The van der Waals surface area contributed by atoms with Crippen LogP contribution >= 0.6 is 0 Å². The highest BCUT2D eigenvalue weighted by molar-refractivity contribution is 5.95. The molecule has 168 valence electrons. The van der Waals surface area contributed by atoms with E-state index < -0.39 is 5.41 Å². The zero-order valence-corrected chi connectivity index (χ0v) is 18.1. The van der Waals surface area contributed by atoms with Gasteiger partial charge < -0.3 is 20.7 Å². The standard InChI is InChI=1S/C22H28N8O2/c1-14-7-26-28-18(14)11-29-5-4-22(13-29)19-16(10-30(20(22)32)17(6-23)12-31)9-25-21(27-19)24-8-15-2-3-15/h6-7,9,12,15,23,31H,2-5,8,10-11,13H2,1H3,(H,26,28)(H,24,25,27)/b17-12+,23-6?/t22-/m0/s1. The minimum absolute atomic E-state index is 0.135. The quantitative estimate of drug-likeness (QED) is 0.384. The van der Waals surface area contributed by atoms with E-state index in [2.05, 4.69) is 25.4 Å². The number of aryl methyl sites for hydroxylation is 1. The Morgan fingerprint density at radius 1 is 1.44 bits per heavy atom. The molecule has 0 unspecified atom stereocenters. The molecule has 1 spiro atoms. The molecule has 1 aliphatic carbocycles. The van der Waals surface area contributed by atoms with Gasteiger partial charge in [-0.05, 0) is 37.7 Å². The van der Waals surface area contributed by atoms with Gasteiger partial charge in [0.25, 0.3) is 0 Å². The average molecular weight is 437 g/mol. The molecular weight excluding hydrogens is 408 g/mol. The first kappa shape index (κ1) is 20.6. The Balaban J connectivity index is 1.49. The summed E-state index contributed by atoms with van der Waals surface area (Å²) in [5, 5.41) is 27.8. The molecule has 0 bridgehead atoms. The van der Waals surface area contributed by atoms with Gasteiger partial charge in [-0.1, -0.05) is 0 Å². The van der Waals surface area contributed by atoms with Crippen LogP contribution in [-0.2, 0) is 23.3 Å². The number of rotatable bonds is 7. The fourth-order valence-electron chi connectivity index (χ4n) is 4.72. The van der Waals surface area contributed by atoms with Gasteiger partial charge in [0.15, 0.2) is 0 Å². The van der Waals surface area contributed by atoms with Crippen molar-refractivity contribution in [3.63, 3.8) is 0 Å². The van der Waals surface area contributed by atoms with Crippen LogP contribution in [0.15, 0.2) is 24.4 Å². The van der Waals surface area contributed by atoms with Crippen LogP contribution in [-0.4, -0.2) is 66.8 Å². The van der Waals surface area contributed by atoms with Gasteiger partial charge in [-0.15, -0.1) is 0 Å². The number of aromatic nitrogens is 4. The molecule has 0 radical (unpaired) electrons. The molecule has 10 nitrogen and oxygen atoms in total. The van der Waals surface area contributed by atoms with E-state index in [9.17, 15) is 9.90 Å². The summed E-state index contributed by atoms with van der Waals surface area (Å²) in [5.41, 5.74) is 3.05. The molecule has 2 fully saturated rings. The summed E-state index contributed by atoms with van der Waals surface area (Å²) < 4.78 is 0. The summed E-state index contributed by atoms with van der Waals surface area (Å²) >= 11 is 0. The molecule has 1 saturated heterocycles. The van der Waals surface area contributed by atoms with Gasteiger partial charge in [0.05, 0.1) is 29.8 Å². The van der Waals surface area contributed by atoms with E-state index >= 15 is 0 Å². The Labute approximate surface area is 186 Å². The molecule has 32 heavy (non-hydrogen) atoms. The van der Waals surface area contributed by atoms with Crippen molar-refractivity contribution in [2.24, 2.45) is 5.92 Å². The zero-order chi connectivity index (χ0) is 22.3. The molecule has 1 saturated carbocycles. The van der Waals surface area contributed by atoms with Gasteiger partial charge in [0, 0.05) is 44.2 Å². The third-order valence-corrected chi connectivity index (χ3v) is 6.80. The number of aliphatic hydroxyl groups is 1. The highest BCUT2D eigenvalue weighted by atomic mass is 16.2. The number of H-pyrrole nitrogens is 1. The van der Waals surface area contributed by atoms with Crippen LogP contribution in [0, 0.1) is 18.3 Å². The van der Waals surface area contributed by atoms with Crippen molar-refractivity contribution < 1.29 is 9.90 Å². The van der Waals surface area contributed by atoms with E-state index in [1.165, 1.54) is 17.7 Å². The highest BCUT2D eigenvalue weighted by Crippen LogP contribution is 2.42. The van der Waals surface area contributed by atoms with E-state index in [1.807, 2.05) is 6.92 Å². The fourth-order valence-corrected chi connectivity index (χ4v) is 4.72. The van der Waals surface area contributed by atoms with Crippen molar-refractivity contribution in [2.75, 3.05) is 25.0 Å². The van der Waals surface area contributed by atoms with E-state index in [0.29, 0.717) is 31.4 Å². The molecule has 4 heterocycles. The Bertz CT molecular complexity index is 1080. The minimum Gasteiger partial charge on any atom is -0.513 e. The summed E-state index contributed by atoms with van der Waals surface area (Å²) in [7, 11) is 0. The van der Waals surface area contributed by atoms with Crippen molar-refractivity contribution >= 4 is 18.1 Å². The van der Waals surface area contributed by atoms with Crippen LogP contribution in [0.4, 0.5) is 5.95 Å². The number of anilines is 1. The SMILES string of the molecule is Cc1cn[nH]c1CN1CC[C@@]2(C1)C(=O)N(/C(C=N)=C/O)Cc1cnc(NCC3CC3)nc12. The van der Waals surface area contributed by atoms with Crippen molar-refractivity contribution in [1.29, 1.82) is 5.41 Å². The molecule has 4 N–H and O–H groups in total. The first-order valence-corrected chi connectivity index (χ1v) is 11.0. The van der Waals surface area contributed by atoms with Crippen LogP contribution in [0.2, 0.25) is 0 Å². The van der Waals surface area contributed by atoms with E-state index in [0.717, 1.165) is 48.1 Å². The lowest BCUT2D eigenvalue weighted by Crippen LogP contribution is -2.52. The number of nitrogens with one attached hydrogen (secondary N) is 3. The van der Waals surface area contributed by atoms with Crippen LogP contribution < -0.4 is 5.32 Å². The summed E-state index contributed by atoms with van der Waals surface area (Å²) in [6, 6.07) is 0. The topological polar surface area (TPSA) is 134 Å². The third-order valence-electron chi connectivity index (χ3n) is 6.80. The number of hydrogen-bond donors (Lipinski definition) is 4. The number of aliphatic hydroxyl groups excluding tert-OH is 1. The summed E-state index contributed by atoms with van der Waals surface area (Å²) in [5.74, 6) is 1.11. The Morgan fingerprint density at radius 3 is 2.97 bits per heavy atom. The van der Waals surface area contributed by atoms with Crippen LogP contribution in [0.5, 0.6) is 0 Å². The molecule has 10 heteroatoms. The number of carbonyl (C=O) groups is 1. The lowest BCUT2D eigenvalue weighted by molar-refractivity contribution is -0.136. The number of likely N-dealkylation sites (tertiary alicyclic amines) is 1. The number of amides is 1. The Morgan fingerprint density at radius 2 is 2.28 bits per heavy atom. The monoisotopic (exact) mass is 436 g/mol. The van der Waals surface area contributed by atoms with Crippen LogP contribution in [0.25, 0.3) is 0 Å². The first-order chi connectivity index (χ1) is 15.5. The number of hydrogen-bond acceptors (Lipinski definition) is 8. The second-order valence-corrected chi connectivity index (χ2v) is 9.06. The van der Waals surface area contributed by atoms with E-state index in [-0.39, 0.29) is 18.1 Å². The Hall–Kier alpha value is -3.27. The summed E-state index contributed by atoms with van der Waals surface area (Å²) in [6.07, 6.45) is 8.48. The minimum atomic E-state index is -0.849. The molecule has 2 aliphatic heterocycles. The van der Waals surface area contributed by atoms with Gasteiger partial charge in [0.1, 0.15) is 11.7 Å². The average Bonchev–Trinajstić information content (AvgIpc) is 3.41. The summed E-state index contributed by atoms with van der Waals surface area (Å²) in [6.45, 7) is 5.00. The molecule has 3 aliphatic rings. The largest absolute Gasteiger partial charge is 0.513 e. The van der Waals surface area contributed by atoms with Gasteiger partial charge in [-0.25, -0.2) is 9.97 Å². The molecule has 1 amide bonds. The third kappa shape index (κ3) is 3.54. The van der Waals surface area contributed by atoms with E-state index in [4.69, 9.17) is 10.4 Å². The van der Waals surface area contributed by atoms with Crippen LogP contribution in [0.3, 0.4) is 0 Å². The number of nitrogens with zero attached hydrogens (tertiary/aromatic N) is 5. The number of aromatic amines is 1. The molecule has 2 aromatic rings. The van der Waals surface area contributed by atoms with Crippen molar-refractivity contribution in [1.82, 2.24) is 30.0 Å². The van der Waals surface area contributed by atoms with Gasteiger partial charge >= 0.3 is 0 Å². The van der Waals surface area contributed by atoms with Gasteiger partial charge in [-0.2, -0.15) is 5.10 Å². The van der Waals surface area contributed by atoms with Crippen molar-refractivity contribution in [3.8, 4) is 0 Å². The van der Waals surface area contributed by atoms with E-state index in [1.54, 1.807) is 12.4 Å². The highest BCUT2D eigenvalue weighted by Gasteiger charge is 2.53. The lowest BCUT2D eigenvalue weighted by Gasteiger charge is -2.40. The van der Waals surface area contributed by atoms with Crippen LogP contribution in [0.1, 0.15) is 41.8 Å². The van der Waals surface area contributed by atoms with Gasteiger partial charge in [0.2, 0.25) is 11.9 Å². The maximum atomic E-state index is 13.8. The predicted octanol–water partition coefficient (Wildman–Crippen LogP) is 1.86. The number of fused-ring (bicyclic) bond motifs is 2. The van der Waals surface area contributed by atoms with Crippen molar-refractivity contribution in [3.05, 3.63) is 46.9 Å². The predicted molar refractivity (Wildman–Crippen MR) is 118 cm³/mol. The maximum absolute atomic E-state index is 13.8. The molecule has 0 aromatic carbocycles. The first-order valence-electron chi connectivity index (χ1n) is 11.0. The molecular formula is C22H28N8O2. The fraction of sp³-hybridized carbons (Fsp3) is 0.500. The smallest absolute Gasteiger partial charge is 0.241 e. The Kier molecular flexibility index (Phi) is 5.16. The second kappa shape index (κ2) is 8.01. The normalized spacial score (nSPS) is 23.6. The molecule has 5 rings (SSSR count). The number of allylic oxidation sites excluding steroid dienone is 1. The zero-order valence-electron chi connectivity index (χ0n) is 18.1. The number of carbonyl (C=O) groups excluding carboxylic acids is 1. The van der Waals surface area contributed by atoms with Crippen molar-refractivity contribution in [2.45, 2.75) is 44.7 Å². The maximum Gasteiger partial charge on any atom is 0.241 e. The molecule has 1 atom stereocenters. The molecule has 2 aromatic heterocycles. The lowest BCUT2D eigenvalue weighted by atomic mass is 9.77. The van der Waals surface area contributed by atoms with Gasteiger partial charge in [-0.3, -0.25) is 14.8 Å². The second-order valence-electron chi connectivity index (χ2n) is 9.06. The summed E-state index contributed by atoms with van der Waals surface area (Å²) in [4.78, 5) is 26.8.